The van der Waals surface area contributed by atoms with Crippen molar-refractivity contribution in [2.75, 3.05) is 20.3 Å². The van der Waals surface area contributed by atoms with E-state index in [0.717, 1.165) is 24.8 Å². The summed E-state index contributed by atoms with van der Waals surface area (Å²) >= 11 is 0. The van der Waals surface area contributed by atoms with Crippen LogP contribution in [0.2, 0.25) is 0 Å². The zero-order valence-electron chi connectivity index (χ0n) is 10.9. The summed E-state index contributed by atoms with van der Waals surface area (Å²) in [5.41, 5.74) is 0. The van der Waals surface area contributed by atoms with Gasteiger partial charge in [0.15, 0.2) is 0 Å². The highest BCUT2D eigenvalue weighted by Crippen LogP contribution is 2.29. The van der Waals surface area contributed by atoms with Crippen LogP contribution in [-0.2, 0) is 4.74 Å². The van der Waals surface area contributed by atoms with E-state index >= 15 is 0 Å². The predicted molar refractivity (Wildman–Crippen MR) is 66.5 cm³/mol. The average Bonchev–Trinajstić information content (AvgIpc) is 2.24. The van der Waals surface area contributed by atoms with Crippen molar-refractivity contribution in [2.45, 2.75) is 51.7 Å². The molecular weight excluding hydrogens is 202 g/mol. The Labute approximate surface area is 99.6 Å². The molecule has 16 heavy (non-hydrogen) atoms. The molecule has 3 nitrogen and oxygen atoms in total. The highest BCUT2D eigenvalue weighted by Gasteiger charge is 2.23. The fourth-order valence-corrected chi connectivity index (χ4v) is 2.46. The van der Waals surface area contributed by atoms with Crippen LogP contribution in [0.1, 0.15) is 39.5 Å². The van der Waals surface area contributed by atoms with Gasteiger partial charge < -0.3 is 15.2 Å². The van der Waals surface area contributed by atoms with Gasteiger partial charge in [0, 0.05) is 13.2 Å². The third-order valence-electron chi connectivity index (χ3n) is 3.87. The Morgan fingerprint density at radius 2 is 2.06 bits per heavy atom. The molecule has 0 heterocycles. The van der Waals surface area contributed by atoms with Gasteiger partial charge in [0.05, 0.1) is 12.7 Å². The van der Waals surface area contributed by atoms with Crippen molar-refractivity contribution in [1.82, 2.24) is 5.32 Å². The van der Waals surface area contributed by atoms with Crippen LogP contribution in [0.5, 0.6) is 0 Å². The monoisotopic (exact) mass is 229 g/mol. The largest absolute Gasteiger partial charge is 0.391 e. The Hall–Kier alpha value is -0.120. The minimum Gasteiger partial charge on any atom is -0.391 e. The maximum atomic E-state index is 9.51. The Morgan fingerprint density at radius 3 is 2.69 bits per heavy atom. The fourth-order valence-electron chi connectivity index (χ4n) is 2.46. The highest BCUT2D eigenvalue weighted by molar-refractivity contribution is 4.79. The van der Waals surface area contributed by atoms with Gasteiger partial charge in [-0.2, -0.15) is 0 Å². The first kappa shape index (κ1) is 13.9. The topological polar surface area (TPSA) is 41.5 Å². The van der Waals surface area contributed by atoms with E-state index in [0.29, 0.717) is 12.6 Å². The summed E-state index contributed by atoms with van der Waals surface area (Å²) in [7, 11) is 1.63. The predicted octanol–water partition coefficient (Wildman–Crippen LogP) is 1.80. The molecule has 0 aliphatic heterocycles. The number of aliphatic hydroxyl groups is 1. The third kappa shape index (κ3) is 4.81. The minimum absolute atomic E-state index is 0.322. The standard InChI is InChI=1S/C13H27NO2/c1-10-4-5-12(8-11(10)2)14-7-6-13(15)9-16-3/h10-15H,4-9H2,1-3H3/t10-,11-,12-,13-/m1/s1. The number of methoxy groups -OCH3 is 1. The zero-order chi connectivity index (χ0) is 12.0. The van der Waals surface area contributed by atoms with Gasteiger partial charge >= 0.3 is 0 Å². The van der Waals surface area contributed by atoms with E-state index in [9.17, 15) is 5.11 Å². The normalized spacial score (nSPS) is 32.6. The molecule has 0 aromatic carbocycles. The molecule has 0 bridgehead atoms. The second-order valence-corrected chi connectivity index (χ2v) is 5.32. The Balaban J connectivity index is 2.09. The lowest BCUT2D eigenvalue weighted by molar-refractivity contribution is 0.0583. The number of hydrogen-bond donors (Lipinski definition) is 2. The molecule has 96 valence electrons. The van der Waals surface area contributed by atoms with Gasteiger partial charge in [-0.05, 0) is 44.1 Å². The van der Waals surface area contributed by atoms with E-state index in [-0.39, 0.29) is 6.10 Å². The highest BCUT2D eigenvalue weighted by atomic mass is 16.5. The molecule has 4 atom stereocenters. The van der Waals surface area contributed by atoms with Crippen LogP contribution < -0.4 is 5.32 Å². The van der Waals surface area contributed by atoms with Crippen LogP contribution in [0.3, 0.4) is 0 Å². The molecule has 1 aliphatic rings. The van der Waals surface area contributed by atoms with Crippen LogP contribution in [0.4, 0.5) is 0 Å². The first-order valence-electron chi connectivity index (χ1n) is 6.53. The first-order valence-corrected chi connectivity index (χ1v) is 6.53. The molecule has 0 amide bonds. The third-order valence-corrected chi connectivity index (χ3v) is 3.87. The molecule has 0 aromatic rings. The molecule has 0 radical (unpaired) electrons. The molecule has 1 rings (SSSR count). The second-order valence-electron chi connectivity index (χ2n) is 5.32. The summed E-state index contributed by atoms with van der Waals surface area (Å²) in [6.07, 6.45) is 4.36. The number of hydrogen-bond acceptors (Lipinski definition) is 3. The van der Waals surface area contributed by atoms with E-state index < -0.39 is 0 Å². The summed E-state index contributed by atoms with van der Waals surface area (Å²) in [4.78, 5) is 0. The summed E-state index contributed by atoms with van der Waals surface area (Å²) in [6, 6.07) is 0.654. The van der Waals surface area contributed by atoms with Crippen LogP contribution in [0.25, 0.3) is 0 Å². The van der Waals surface area contributed by atoms with E-state index in [2.05, 4.69) is 19.2 Å². The van der Waals surface area contributed by atoms with Gasteiger partial charge in [0.25, 0.3) is 0 Å². The van der Waals surface area contributed by atoms with Crippen molar-refractivity contribution >= 4 is 0 Å². The summed E-state index contributed by atoms with van der Waals surface area (Å²) in [5.74, 6) is 1.70. The molecule has 0 aromatic heterocycles. The van der Waals surface area contributed by atoms with Gasteiger partial charge in [0.2, 0.25) is 0 Å². The Morgan fingerprint density at radius 1 is 1.31 bits per heavy atom. The van der Waals surface area contributed by atoms with Gasteiger partial charge in [-0.25, -0.2) is 0 Å². The maximum Gasteiger partial charge on any atom is 0.0785 e. The summed E-state index contributed by atoms with van der Waals surface area (Å²) in [6.45, 7) is 6.04. The van der Waals surface area contributed by atoms with Gasteiger partial charge in [-0.1, -0.05) is 13.8 Å². The second kappa shape index (κ2) is 7.25. The molecule has 0 saturated heterocycles. The van der Waals surface area contributed by atoms with E-state index in [1.165, 1.54) is 19.3 Å². The first-order chi connectivity index (χ1) is 7.63. The van der Waals surface area contributed by atoms with Crippen LogP contribution in [0.15, 0.2) is 0 Å². The van der Waals surface area contributed by atoms with Gasteiger partial charge in [0.1, 0.15) is 0 Å². The summed E-state index contributed by atoms with van der Waals surface area (Å²) in [5, 5.41) is 13.1. The van der Waals surface area contributed by atoms with Crippen LogP contribution in [0, 0.1) is 11.8 Å². The fraction of sp³-hybridized carbons (Fsp3) is 1.00. The number of aliphatic hydroxyl groups excluding tert-OH is 1. The van der Waals surface area contributed by atoms with Crippen molar-refractivity contribution in [1.29, 1.82) is 0 Å². The van der Waals surface area contributed by atoms with Gasteiger partial charge in [-0.15, -0.1) is 0 Å². The maximum absolute atomic E-state index is 9.51. The minimum atomic E-state index is -0.322. The molecule has 0 spiro atoms. The lowest BCUT2D eigenvalue weighted by Gasteiger charge is -2.32. The summed E-state index contributed by atoms with van der Waals surface area (Å²) < 4.78 is 4.90. The number of ether oxygens (including phenoxy) is 1. The smallest absolute Gasteiger partial charge is 0.0785 e. The lowest BCUT2D eigenvalue weighted by atomic mass is 9.79. The van der Waals surface area contributed by atoms with Crippen LogP contribution in [-0.4, -0.2) is 37.5 Å². The number of rotatable bonds is 6. The molecule has 0 unspecified atom stereocenters. The molecular formula is C13H27NO2. The molecule has 3 heteroatoms. The van der Waals surface area contributed by atoms with E-state index in [4.69, 9.17) is 4.74 Å². The van der Waals surface area contributed by atoms with Gasteiger partial charge in [-0.3, -0.25) is 0 Å². The molecule has 1 fully saturated rings. The average molecular weight is 229 g/mol. The Bertz CT molecular complexity index is 187. The molecule has 1 aliphatic carbocycles. The SMILES string of the molecule is COC[C@H](O)CCN[C@@H]1CC[C@@H](C)[C@H](C)C1. The number of nitrogens with one attached hydrogen (secondary N) is 1. The van der Waals surface area contributed by atoms with Crippen molar-refractivity contribution in [3.8, 4) is 0 Å². The van der Waals surface area contributed by atoms with Crippen molar-refractivity contribution in [3.63, 3.8) is 0 Å². The zero-order valence-corrected chi connectivity index (χ0v) is 10.9. The van der Waals surface area contributed by atoms with E-state index in [1.54, 1.807) is 7.11 Å². The lowest BCUT2D eigenvalue weighted by Crippen LogP contribution is -2.37. The van der Waals surface area contributed by atoms with Crippen molar-refractivity contribution in [2.24, 2.45) is 11.8 Å². The molecule has 1 saturated carbocycles. The quantitative estimate of drug-likeness (QED) is 0.730. The van der Waals surface area contributed by atoms with E-state index in [1.807, 2.05) is 0 Å². The Kier molecular flexibility index (Phi) is 6.32. The van der Waals surface area contributed by atoms with Crippen molar-refractivity contribution in [3.05, 3.63) is 0 Å². The van der Waals surface area contributed by atoms with Crippen molar-refractivity contribution < 1.29 is 9.84 Å². The molecule has 2 N–H and O–H groups in total. The van der Waals surface area contributed by atoms with Crippen LogP contribution >= 0.6 is 0 Å².